The number of amides is 2. The maximum atomic E-state index is 12.8. The van der Waals surface area contributed by atoms with Crippen molar-refractivity contribution >= 4 is 23.5 Å². The van der Waals surface area contributed by atoms with Crippen LogP contribution in [-0.4, -0.2) is 34.2 Å². The lowest BCUT2D eigenvalue weighted by molar-refractivity contribution is -0.152. The molecule has 0 aliphatic carbocycles. The number of nitrogens with zero attached hydrogens (tertiary/aromatic N) is 2. The van der Waals surface area contributed by atoms with Gasteiger partial charge in [0.1, 0.15) is 11.6 Å². The van der Waals surface area contributed by atoms with Crippen molar-refractivity contribution < 1.29 is 19.4 Å². The van der Waals surface area contributed by atoms with E-state index in [-0.39, 0.29) is 6.03 Å². The van der Waals surface area contributed by atoms with Gasteiger partial charge in [0.25, 0.3) is 0 Å². The van der Waals surface area contributed by atoms with Gasteiger partial charge in [0, 0.05) is 18.4 Å². The number of ether oxygens (including phenoxy) is 1. The molecule has 1 aromatic carbocycles. The first-order valence-electron chi connectivity index (χ1n) is 9.35. The van der Waals surface area contributed by atoms with Crippen LogP contribution in [0.3, 0.4) is 0 Å². The number of pyridine rings is 1. The van der Waals surface area contributed by atoms with E-state index in [2.05, 4.69) is 17.2 Å². The number of urea groups is 1. The Morgan fingerprint density at radius 2 is 1.86 bits per heavy atom. The quantitative estimate of drug-likeness (QED) is 0.618. The first kappa shape index (κ1) is 21.2. The van der Waals surface area contributed by atoms with Gasteiger partial charge >= 0.3 is 12.0 Å². The standard InChI is InChI=1S/C21H27N3O4/c1-4-5-8-15-24(20(27)23-18-9-6-7-14-22-18)16-10-12-17(13-11-16)28-21(2,3)19(25)26/h6-7,9-14H,4-5,8,15H2,1-3H3,(H,25,26)(H,22,23,27). The van der Waals surface area contributed by atoms with Crippen LogP contribution in [0.4, 0.5) is 16.3 Å². The van der Waals surface area contributed by atoms with Crippen LogP contribution < -0.4 is 15.0 Å². The number of hydrogen-bond acceptors (Lipinski definition) is 4. The van der Waals surface area contributed by atoms with Crippen molar-refractivity contribution in [3.05, 3.63) is 48.7 Å². The van der Waals surface area contributed by atoms with Gasteiger partial charge in [-0.2, -0.15) is 0 Å². The summed E-state index contributed by atoms with van der Waals surface area (Å²) in [6, 6.07) is 11.9. The predicted molar refractivity (Wildman–Crippen MR) is 109 cm³/mol. The topological polar surface area (TPSA) is 91.8 Å². The fraction of sp³-hybridized carbons (Fsp3) is 0.381. The molecule has 2 aromatic rings. The molecule has 0 radical (unpaired) electrons. The SMILES string of the molecule is CCCCCN(C(=O)Nc1ccccn1)c1ccc(OC(C)(C)C(=O)O)cc1. The Kier molecular flexibility index (Phi) is 7.37. The molecule has 0 spiro atoms. The number of unbranched alkanes of at least 4 members (excludes halogenated alkanes) is 2. The number of carboxylic acid groups (broad SMARTS) is 1. The number of anilines is 2. The summed E-state index contributed by atoms with van der Waals surface area (Å²) < 4.78 is 5.52. The van der Waals surface area contributed by atoms with E-state index in [4.69, 9.17) is 4.74 Å². The fourth-order valence-electron chi connectivity index (χ4n) is 2.51. The summed E-state index contributed by atoms with van der Waals surface area (Å²) in [5.41, 5.74) is -0.636. The van der Waals surface area contributed by atoms with E-state index in [0.29, 0.717) is 23.8 Å². The Bertz CT molecular complexity index is 776. The molecule has 1 heterocycles. The highest BCUT2D eigenvalue weighted by atomic mass is 16.5. The van der Waals surface area contributed by atoms with E-state index in [1.165, 1.54) is 13.8 Å². The molecular formula is C21H27N3O4. The Morgan fingerprint density at radius 3 is 2.43 bits per heavy atom. The minimum absolute atomic E-state index is 0.269. The molecule has 0 saturated heterocycles. The first-order chi connectivity index (χ1) is 13.3. The van der Waals surface area contributed by atoms with Crippen LogP contribution in [0.1, 0.15) is 40.0 Å². The summed E-state index contributed by atoms with van der Waals surface area (Å²) in [7, 11) is 0. The summed E-state index contributed by atoms with van der Waals surface area (Å²) in [6.07, 6.45) is 4.55. The Hall–Kier alpha value is -3.09. The Labute approximate surface area is 165 Å². The van der Waals surface area contributed by atoms with Crippen LogP contribution >= 0.6 is 0 Å². The van der Waals surface area contributed by atoms with Crippen LogP contribution in [0.15, 0.2) is 48.7 Å². The lowest BCUT2D eigenvalue weighted by Crippen LogP contribution is -2.38. The average molecular weight is 385 g/mol. The number of benzene rings is 1. The molecule has 2 amide bonds. The molecule has 0 fully saturated rings. The van der Waals surface area contributed by atoms with E-state index < -0.39 is 11.6 Å². The number of hydrogen-bond donors (Lipinski definition) is 2. The lowest BCUT2D eigenvalue weighted by atomic mass is 10.1. The molecule has 2 rings (SSSR count). The third-order valence-electron chi connectivity index (χ3n) is 4.17. The van der Waals surface area contributed by atoms with E-state index in [0.717, 1.165) is 19.3 Å². The van der Waals surface area contributed by atoms with Crippen molar-refractivity contribution in [3.8, 4) is 5.75 Å². The highest BCUT2D eigenvalue weighted by molar-refractivity contribution is 6.01. The van der Waals surface area contributed by atoms with Crippen molar-refractivity contribution in [2.24, 2.45) is 0 Å². The number of carbonyl (C=O) groups is 2. The van der Waals surface area contributed by atoms with E-state index in [9.17, 15) is 14.7 Å². The van der Waals surface area contributed by atoms with Gasteiger partial charge in [-0.15, -0.1) is 0 Å². The lowest BCUT2D eigenvalue weighted by Gasteiger charge is -2.25. The Morgan fingerprint density at radius 1 is 1.14 bits per heavy atom. The van der Waals surface area contributed by atoms with E-state index in [1.54, 1.807) is 53.6 Å². The van der Waals surface area contributed by atoms with Gasteiger partial charge in [-0.25, -0.2) is 14.6 Å². The van der Waals surface area contributed by atoms with Gasteiger partial charge < -0.3 is 9.84 Å². The summed E-state index contributed by atoms with van der Waals surface area (Å²) in [5.74, 6) is -0.140. The smallest absolute Gasteiger partial charge is 0.347 e. The van der Waals surface area contributed by atoms with Gasteiger partial charge in [-0.05, 0) is 56.7 Å². The number of aromatic nitrogens is 1. The number of aliphatic carboxylic acids is 1. The fourth-order valence-corrected chi connectivity index (χ4v) is 2.51. The van der Waals surface area contributed by atoms with Crippen molar-refractivity contribution in [1.82, 2.24) is 4.98 Å². The summed E-state index contributed by atoms with van der Waals surface area (Å²) in [4.78, 5) is 29.8. The number of carboxylic acids is 1. The third-order valence-corrected chi connectivity index (χ3v) is 4.17. The van der Waals surface area contributed by atoms with Gasteiger partial charge in [0.2, 0.25) is 0 Å². The maximum absolute atomic E-state index is 12.8. The summed E-state index contributed by atoms with van der Waals surface area (Å²) >= 11 is 0. The summed E-state index contributed by atoms with van der Waals surface area (Å²) in [6.45, 7) is 5.64. The summed E-state index contributed by atoms with van der Waals surface area (Å²) in [5, 5.41) is 12.0. The predicted octanol–water partition coefficient (Wildman–Crippen LogP) is 4.55. The zero-order valence-corrected chi connectivity index (χ0v) is 16.5. The van der Waals surface area contributed by atoms with Gasteiger partial charge in [0.05, 0.1) is 0 Å². The molecule has 7 heteroatoms. The van der Waals surface area contributed by atoms with E-state index >= 15 is 0 Å². The normalized spacial score (nSPS) is 11.0. The molecule has 150 valence electrons. The third kappa shape index (κ3) is 5.97. The molecule has 1 aromatic heterocycles. The molecule has 2 N–H and O–H groups in total. The minimum atomic E-state index is -1.33. The van der Waals surface area contributed by atoms with Crippen LogP contribution in [0.2, 0.25) is 0 Å². The first-order valence-corrected chi connectivity index (χ1v) is 9.35. The zero-order valence-electron chi connectivity index (χ0n) is 16.5. The van der Waals surface area contributed by atoms with Crippen LogP contribution in [-0.2, 0) is 4.79 Å². The van der Waals surface area contributed by atoms with Gasteiger partial charge in [-0.3, -0.25) is 10.2 Å². The molecule has 0 aliphatic heterocycles. The highest BCUT2D eigenvalue weighted by Gasteiger charge is 2.29. The molecular weight excluding hydrogens is 358 g/mol. The molecule has 0 aliphatic rings. The maximum Gasteiger partial charge on any atom is 0.347 e. The van der Waals surface area contributed by atoms with Crippen molar-refractivity contribution in [2.75, 3.05) is 16.8 Å². The molecule has 0 bridgehead atoms. The number of nitrogens with one attached hydrogen (secondary N) is 1. The van der Waals surface area contributed by atoms with E-state index in [1.807, 2.05) is 0 Å². The van der Waals surface area contributed by atoms with Crippen LogP contribution in [0.5, 0.6) is 5.75 Å². The zero-order chi connectivity index (χ0) is 20.6. The number of carbonyl (C=O) groups excluding carboxylic acids is 1. The average Bonchev–Trinajstić information content (AvgIpc) is 2.66. The Balaban J connectivity index is 2.15. The van der Waals surface area contributed by atoms with Crippen LogP contribution in [0.25, 0.3) is 0 Å². The molecule has 7 nitrogen and oxygen atoms in total. The monoisotopic (exact) mass is 385 g/mol. The van der Waals surface area contributed by atoms with Crippen molar-refractivity contribution in [1.29, 1.82) is 0 Å². The molecule has 0 saturated carbocycles. The second-order valence-electron chi connectivity index (χ2n) is 6.92. The van der Waals surface area contributed by atoms with Crippen LogP contribution in [0, 0.1) is 0 Å². The molecule has 0 unspecified atom stereocenters. The second-order valence-corrected chi connectivity index (χ2v) is 6.92. The number of rotatable bonds is 9. The van der Waals surface area contributed by atoms with Gasteiger partial charge in [-0.1, -0.05) is 25.8 Å². The largest absolute Gasteiger partial charge is 0.478 e. The second kappa shape index (κ2) is 9.73. The van der Waals surface area contributed by atoms with Crippen molar-refractivity contribution in [3.63, 3.8) is 0 Å². The molecule has 0 atom stereocenters. The molecule has 28 heavy (non-hydrogen) atoms. The minimum Gasteiger partial charge on any atom is -0.478 e. The highest BCUT2D eigenvalue weighted by Crippen LogP contribution is 2.24. The van der Waals surface area contributed by atoms with Crippen molar-refractivity contribution in [2.45, 2.75) is 45.6 Å². The van der Waals surface area contributed by atoms with Gasteiger partial charge in [0.15, 0.2) is 5.60 Å².